The number of rotatable bonds is 2. The molecular formula is C14H12ClN3O2. The van der Waals surface area contributed by atoms with Gasteiger partial charge in [-0.2, -0.15) is 0 Å². The van der Waals surface area contributed by atoms with Crippen molar-refractivity contribution >= 4 is 23.3 Å². The van der Waals surface area contributed by atoms with Crippen molar-refractivity contribution in [3.8, 4) is 0 Å². The molecule has 1 aliphatic rings. The molecule has 0 saturated heterocycles. The Morgan fingerprint density at radius 1 is 1.30 bits per heavy atom. The molecule has 20 heavy (non-hydrogen) atoms. The molecule has 0 bridgehead atoms. The molecule has 1 atom stereocenters. The van der Waals surface area contributed by atoms with Crippen LogP contribution < -0.4 is 5.32 Å². The SMILES string of the molecule is O=C(Nc1nccnc1Cl)C1OCCc2ccccc21. The highest BCUT2D eigenvalue weighted by molar-refractivity contribution is 6.32. The number of nitrogens with zero attached hydrogens (tertiary/aromatic N) is 2. The number of carbonyl (C=O) groups excluding carboxylic acids is 1. The number of nitrogens with one attached hydrogen (secondary N) is 1. The van der Waals surface area contributed by atoms with E-state index in [1.165, 1.54) is 12.4 Å². The molecule has 0 aliphatic carbocycles. The first-order valence-corrected chi connectivity index (χ1v) is 6.60. The van der Waals surface area contributed by atoms with Gasteiger partial charge >= 0.3 is 0 Å². The maximum Gasteiger partial charge on any atom is 0.259 e. The molecule has 1 unspecified atom stereocenters. The van der Waals surface area contributed by atoms with Gasteiger partial charge in [-0.1, -0.05) is 35.9 Å². The zero-order valence-corrected chi connectivity index (χ0v) is 11.3. The maximum absolute atomic E-state index is 12.3. The zero-order valence-electron chi connectivity index (χ0n) is 10.5. The summed E-state index contributed by atoms with van der Waals surface area (Å²) >= 11 is 5.88. The minimum Gasteiger partial charge on any atom is -0.363 e. The van der Waals surface area contributed by atoms with Crippen LogP contribution in [0.3, 0.4) is 0 Å². The molecule has 0 spiro atoms. The highest BCUT2D eigenvalue weighted by Gasteiger charge is 2.27. The standard InChI is InChI=1S/C14H12ClN3O2/c15-12-13(17-7-6-16-12)18-14(19)11-10-4-2-1-3-9(10)5-8-20-11/h1-4,6-7,11H,5,8H2,(H,17,18,19). The maximum atomic E-state index is 12.3. The molecule has 1 aromatic carbocycles. The number of ether oxygens (including phenoxy) is 1. The fraction of sp³-hybridized carbons (Fsp3) is 0.214. The van der Waals surface area contributed by atoms with Gasteiger partial charge in [0.15, 0.2) is 17.1 Å². The van der Waals surface area contributed by atoms with Gasteiger partial charge in [-0.3, -0.25) is 4.79 Å². The van der Waals surface area contributed by atoms with Crippen LogP contribution >= 0.6 is 11.6 Å². The average Bonchev–Trinajstić information content (AvgIpc) is 2.49. The van der Waals surface area contributed by atoms with Crippen LogP contribution in [0.5, 0.6) is 0 Å². The molecule has 2 heterocycles. The normalized spacial score (nSPS) is 17.4. The second-order valence-electron chi connectivity index (χ2n) is 4.38. The number of fused-ring (bicyclic) bond motifs is 1. The van der Waals surface area contributed by atoms with E-state index in [2.05, 4.69) is 15.3 Å². The summed E-state index contributed by atoms with van der Waals surface area (Å²) in [5.74, 6) is -0.0506. The summed E-state index contributed by atoms with van der Waals surface area (Å²) in [4.78, 5) is 20.2. The third kappa shape index (κ3) is 2.50. The summed E-state index contributed by atoms with van der Waals surface area (Å²) in [6, 6.07) is 7.76. The van der Waals surface area contributed by atoms with Gasteiger partial charge < -0.3 is 10.1 Å². The first-order valence-electron chi connectivity index (χ1n) is 6.22. The molecule has 1 N–H and O–H groups in total. The van der Waals surface area contributed by atoms with Crippen molar-refractivity contribution in [1.82, 2.24) is 9.97 Å². The summed E-state index contributed by atoms with van der Waals surface area (Å²) in [5, 5.41) is 2.81. The fourth-order valence-corrected chi connectivity index (χ4v) is 2.35. The van der Waals surface area contributed by atoms with E-state index in [1.807, 2.05) is 24.3 Å². The van der Waals surface area contributed by atoms with Crippen LogP contribution in [-0.4, -0.2) is 22.5 Å². The molecule has 3 rings (SSSR count). The van der Waals surface area contributed by atoms with E-state index in [1.54, 1.807) is 0 Å². The molecule has 0 saturated carbocycles. The Hall–Kier alpha value is -1.98. The predicted molar refractivity (Wildman–Crippen MR) is 74.5 cm³/mol. The van der Waals surface area contributed by atoms with E-state index in [0.29, 0.717) is 6.61 Å². The Morgan fingerprint density at radius 3 is 2.95 bits per heavy atom. The van der Waals surface area contributed by atoms with Crippen molar-refractivity contribution in [2.24, 2.45) is 0 Å². The number of halogens is 1. The monoisotopic (exact) mass is 289 g/mol. The minimum absolute atomic E-state index is 0.157. The highest BCUT2D eigenvalue weighted by atomic mass is 35.5. The quantitative estimate of drug-likeness (QED) is 0.922. The highest BCUT2D eigenvalue weighted by Crippen LogP contribution is 2.28. The largest absolute Gasteiger partial charge is 0.363 e. The van der Waals surface area contributed by atoms with E-state index in [0.717, 1.165) is 17.5 Å². The fourth-order valence-electron chi connectivity index (χ4n) is 2.20. The van der Waals surface area contributed by atoms with E-state index in [-0.39, 0.29) is 16.9 Å². The number of anilines is 1. The van der Waals surface area contributed by atoms with Crippen molar-refractivity contribution in [2.45, 2.75) is 12.5 Å². The molecule has 0 fully saturated rings. The summed E-state index contributed by atoms with van der Waals surface area (Å²) in [6.07, 6.45) is 3.10. The zero-order chi connectivity index (χ0) is 13.9. The van der Waals surface area contributed by atoms with Gasteiger partial charge in [-0.15, -0.1) is 0 Å². The van der Waals surface area contributed by atoms with Crippen LogP contribution in [0.4, 0.5) is 5.82 Å². The third-order valence-electron chi connectivity index (χ3n) is 3.13. The number of benzene rings is 1. The van der Waals surface area contributed by atoms with Crippen LogP contribution in [0.15, 0.2) is 36.7 Å². The smallest absolute Gasteiger partial charge is 0.259 e. The molecule has 0 radical (unpaired) electrons. The lowest BCUT2D eigenvalue weighted by Gasteiger charge is -2.25. The molecule has 1 amide bonds. The summed E-state index contributed by atoms with van der Waals surface area (Å²) in [5.41, 5.74) is 2.01. The van der Waals surface area contributed by atoms with Crippen LogP contribution in [0.1, 0.15) is 17.2 Å². The molecule has 6 heteroatoms. The molecular weight excluding hydrogens is 278 g/mol. The second-order valence-corrected chi connectivity index (χ2v) is 4.74. The number of hydrogen-bond acceptors (Lipinski definition) is 4. The minimum atomic E-state index is -0.641. The third-order valence-corrected chi connectivity index (χ3v) is 3.40. The molecule has 1 aliphatic heterocycles. The predicted octanol–water partition coefficient (Wildman–Crippen LogP) is 2.38. The Morgan fingerprint density at radius 2 is 2.10 bits per heavy atom. The number of hydrogen-bond donors (Lipinski definition) is 1. The van der Waals surface area contributed by atoms with Crippen LogP contribution in [-0.2, 0) is 16.0 Å². The van der Waals surface area contributed by atoms with Crippen LogP contribution in [0, 0.1) is 0 Å². The number of carbonyl (C=O) groups is 1. The summed E-state index contributed by atoms with van der Waals surface area (Å²) in [6.45, 7) is 0.517. The van der Waals surface area contributed by atoms with Crippen molar-refractivity contribution in [3.63, 3.8) is 0 Å². The second kappa shape index (κ2) is 5.56. The number of aromatic nitrogens is 2. The van der Waals surface area contributed by atoms with Gasteiger partial charge in [-0.05, 0) is 17.5 Å². The molecule has 2 aromatic rings. The van der Waals surface area contributed by atoms with Crippen molar-refractivity contribution in [1.29, 1.82) is 0 Å². The molecule has 1 aromatic heterocycles. The Balaban J connectivity index is 1.84. The van der Waals surface area contributed by atoms with Gasteiger partial charge in [-0.25, -0.2) is 9.97 Å². The molecule has 102 valence electrons. The lowest BCUT2D eigenvalue weighted by molar-refractivity contribution is -0.128. The Bertz CT molecular complexity index is 648. The van der Waals surface area contributed by atoms with Crippen LogP contribution in [0.2, 0.25) is 5.15 Å². The van der Waals surface area contributed by atoms with Crippen molar-refractivity contribution in [3.05, 3.63) is 52.9 Å². The van der Waals surface area contributed by atoms with Crippen LogP contribution in [0.25, 0.3) is 0 Å². The lowest BCUT2D eigenvalue weighted by Crippen LogP contribution is -2.28. The lowest BCUT2D eigenvalue weighted by atomic mass is 9.97. The average molecular weight is 290 g/mol. The first-order chi connectivity index (χ1) is 9.75. The van der Waals surface area contributed by atoms with Gasteiger partial charge in [0, 0.05) is 12.4 Å². The molecule has 5 nitrogen and oxygen atoms in total. The van der Waals surface area contributed by atoms with Gasteiger partial charge in [0.2, 0.25) is 0 Å². The van der Waals surface area contributed by atoms with E-state index >= 15 is 0 Å². The van der Waals surface area contributed by atoms with Gasteiger partial charge in [0.1, 0.15) is 0 Å². The summed E-state index contributed by atoms with van der Waals surface area (Å²) < 4.78 is 5.57. The van der Waals surface area contributed by atoms with E-state index in [4.69, 9.17) is 16.3 Å². The number of amides is 1. The topological polar surface area (TPSA) is 64.1 Å². The van der Waals surface area contributed by atoms with E-state index in [9.17, 15) is 4.79 Å². The van der Waals surface area contributed by atoms with Gasteiger partial charge in [0.05, 0.1) is 6.61 Å². The Kier molecular flexibility index (Phi) is 3.62. The van der Waals surface area contributed by atoms with Gasteiger partial charge in [0.25, 0.3) is 5.91 Å². The first kappa shape index (κ1) is 13.0. The van der Waals surface area contributed by atoms with Crippen molar-refractivity contribution < 1.29 is 9.53 Å². The Labute approximate surface area is 121 Å². The van der Waals surface area contributed by atoms with Crippen molar-refractivity contribution in [2.75, 3.05) is 11.9 Å². The summed E-state index contributed by atoms with van der Waals surface area (Å²) in [7, 11) is 0. The van der Waals surface area contributed by atoms with E-state index < -0.39 is 6.10 Å².